The summed E-state index contributed by atoms with van der Waals surface area (Å²) in [5, 5.41) is 2.92. The molecule has 1 N–H and O–H groups in total. The fraction of sp³-hybridized carbons (Fsp3) is 0.379. The average molecular weight is 473 g/mol. The van der Waals surface area contributed by atoms with Crippen LogP contribution in [0.25, 0.3) is 0 Å². The van der Waals surface area contributed by atoms with E-state index in [1.165, 1.54) is 18.4 Å². The maximum atomic E-state index is 13.1. The third kappa shape index (κ3) is 5.26. The molecule has 3 aromatic rings. The summed E-state index contributed by atoms with van der Waals surface area (Å²) in [7, 11) is 0. The molecule has 0 bridgehead atoms. The smallest absolute Gasteiger partial charge is 0.287 e. The quantitative estimate of drug-likeness (QED) is 0.493. The maximum Gasteiger partial charge on any atom is 0.287 e. The normalized spacial score (nSPS) is 17.2. The van der Waals surface area contributed by atoms with Crippen LogP contribution in [0.2, 0.25) is 0 Å². The molecule has 0 saturated heterocycles. The van der Waals surface area contributed by atoms with Gasteiger partial charge in [-0.25, -0.2) is 0 Å². The largest absolute Gasteiger partial charge is 0.486 e. The van der Waals surface area contributed by atoms with Gasteiger partial charge in [-0.1, -0.05) is 50.2 Å². The Hall–Kier alpha value is -3.54. The summed E-state index contributed by atoms with van der Waals surface area (Å²) in [5.41, 5.74) is 3.41. The molecule has 5 rings (SSSR count). The first-order valence-corrected chi connectivity index (χ1v) is 12.5. The van der Waals surface area contributed by atoms with Crippen LogP contribution < -0.4 is 10.1 Å². The molecule has 1 aliphatic carbocycles. The van der Waals surface area contributed by atoms with Gasteiger partial charge < -0.3 is 19.4 Å². The third-order valence-electron chi connectivity index (χ3n) is 6.75. The van der Waals surface area contributed by atoms with E-state index in [1.807, 2.05) is 49.1 Å². The summed E-state index contributed by atoms with van der Waals surface area (Å²) < 4.78 is 11.8. The van der Waals surface area contributed by atoms with Gasteiger partial charge in [-0.15, -0.1) is 0 Å². The first-order valence-electron chi connectivity index (χ1n) is 12.5. The van der Waals surface area contributed by atoms with Crippen LogP contribution >= 0.6 is 0 Å². The summed E-state index contributed by atoms with van der Waals surface area (Å²) in [6.45, 7) is 5.52. The minimum Gasteiger partial charge on any atom is -0.486 e. The Balaban J connectivity index is 1.33. The summed E-state index contributed by atoms with van der Waals surface area (Å²) in [5.74, 6) is 2.12. The molecule has 1 aliphatic heterocycles. The Morgan fingerprint density at radius 2 is 1.89 bits per heavy atom. The van der Waals surface area contributed by atoms with Gasteiger partial charge in [-0.2, -0.15) is 0 Å². The van der Waals surface area contributed by atoms with Crippen LogP contribution in [0.15, 0.2) is 65.1 Å². The number of ether oxygens (including phenoxy) is 1. The van der Waals surface area contributed by atoms with Gasteiger partial charge in [-0.3, -0.25) is 9.59 Å². The Morgan fingerprint density at radius 3 is 2.63 bits per heavy atom. The van der Waals surface area contributed by atoms with Gasteiger partial charge in [0.15, 0.2) is 5.76 Å². The van der Waals surface area contributed by atoms with Crippen molar-refractivity contribution >= 4 is 11.8 Å². The van der Waals surface area contributed by atoms with Crippen LogP contribution in [0.3, 0.4) is 0 Å². The number of nitrogens with zero attached hydrogens (tertiary/aromatic N) is 1. The van der Waals surface area contributed by atoms with E-state index in [-0.39, 0.29) is 30.4 Å². The van der Waals surface area contributed by atoms with Crippen molar-refractivity contribution in [3.8, 4) is 5.75 Å². The Labute approximate surface area is 206 Å². The number of carbonyl (C=O) groups is 2. The summed E-state index contributed by atoms with van der Waals surface area (Å²) >= 11 is 0. The molecule has 0 radical (unpaired) electrons. The maximum absolute atomic E-state index is 13.1. The van der Waals surface area contributed by atoms with E-state index in [2.05, 4.69) is 23.5 Å². The topological polar surface area (TPSA) is 71.8 Å². The van der Waals surface area contributed by atoms with Crippen LogP contribution in [-0.2, 0) is 17.8 Å². The van der Waals surface area contributed by atoms with Crippen molar-refractivity contribution in [2.24, 2.45) is 11.8 Å². The number of hydrogen-bond acceptors (Lipinski definition) is 4. The molecule has 0 spiro atoms. The molecule has 2 aliphatic rings. The van der Waals surface area contributed by atoms with Crippen molar-refractivity contribution in [1.29, 1.82) is 0 Å². The van der Waals surface area contributed by atoms with Gasteiger partial charge in [0.1, 0.15) is 18.1 Å². The van der Waals surface area contributed by atoms with Crippen molar-refractivity contribution in [2.45, 2.75) is 45.8 Å². The second-order valence-electron chi connectivity index (χ2n) is 9.82. The molecule has 2 heterocycles. The fourth-order valence-electron chi connectivity index (χ4n) is 4.62. The van der Waals surface area contributed by atoms with E-state index in [0.717, 1.165) is 17.5 Å². The van der Waals surface area contributed by atoms with Gasteiger partial charge in [0.25, 0.3) is 5.91 Å². The molecule has 6 nitrogen and oxygen atoms in total. The third-order valence-corrected chi connectivity index (χ3v) is 6.75. The number of furan rings is 1. The molecule has 2 amide bonds. The van der Waals surface area contributed by atoms with E-state index < -0.39 is 0 Å². The van der Waals surface area contributed by atoms with Gasteiger partial charge >= 0.3 is 0 Å². The standard InChI is InChI=1S/C29H32N2O4/c1-19(2)29(33)31-15-14-21-10-11-23(16-25(21)27(31)22-6-4-3-5-7-22)34-18-24-12-13-26(35-24)28(32)30-17-20-8-9-20/h3-7,10-13,16,19-20,27H,8-9,14-15,17-18H2,1-2H3,(H,30,32). The first kappa shape index (κ1) is 23.2. The molecular formula is C29H32N2O4. The van der Waals surface area contributed by atoms with Gasteiger partial charge in [-0.05, 0) is 66.1 Å². The SMILES string of the molecule is CC(C)C(=O)N1CCc2ccc(OCc3ccc(C(=O)NCC4CC4)o3)cc2C1c1ccccc1. The van der Waals surface area contributed by atoms with Crippen LogP contribution in [-0.4, -0.2) is 29.8 Å². The number of benzene rings is 2. The molecule has 1 atom stereocenters. The summed E-state index contributed by atoms with van der Waals surface area (Å²) in [6.07, 6.45) is 3.19. The highest BCUT2D eigenvalue weighted by atomic mass is 16.5. The van der Waals surface area contributed by atoms with Crippen molar-refractivity contribution in [2.75, 3.05) is 13.1 Å². The minimum absolute atomic E-state index is 0.0724. The number of hydrogen-bond donors (Lipinski definition) is 1. The molecular weight excluding hydrogens is 440 g/mol. The molecule has 1 unspecified atom stereocenters. The molecule has 6 heteroatoms. The summed E-state index contributed by atoms with van der Waals surface area (Å²) in [4.78, 5) is 27.3. The van der Waals surface area contributed by atoms with Crippen molar-refractivity contribution in [3.63, 3.8) is 0 Å². The van der Waals surface area contributed by atoms with Gasteiger partial charge in [0.05, 0.1) is 6.04 Å². The van der Waals surface area contributed by atoms with Crippen LogP contribution in [0.4, 0.5) is 0 Å². The van der Waals surface area contributed by atoms with Crippen LogP contribution in [0.1, 0.15) is 65.7 Å². The Kier molecular flexibility index (Phi) is 6.62. The van der Waals surface area contributed by atoms with Gasteiger partial charge in [0, 0.05) is 19.0 Å². The predicted octanol–water partition coefficient (Wildman–Crippen LogP) is 5.13. The lowest BCUT2D eigenvalue weighted by Gasteiger charge is -2.39. The van der Waals surface area contributed by atoms with E-state index in [4.69, 9.17) is 9.15 Å². The van der Waals surface area contributed by atoms with Crippen molar-refractivity contribution < 1.29 is 18.7 Å². The highest BCUT2D eigenvalue weighted by Gasteiger charge is 2.33. The monoisotopic (exact) mass is 472 g/mol. The van der Waals surface area contributed by atoms with Crippen LogP contribution in [0, 0.1) is 11.8 Å². The van der Waals surface area contributed by atoms with E-state index >= 15 is 0 Å². The zero-order valence-electron chi connectivity index (χ0n) is 20.3. The second-order valence-corrected chi connectivity index (χ2v) is 9.82. The lowest BCUT2D eigenvalue weighted by molar-refractivity contribution is -0.136. The van der Waals surface area contributed by atoms with E-state index in [1.54, 1.807) is 12.1 Å². The molecule has 35 heavy (non-hydrogen) atoms. The predicted molar refractivity (Wildman–Crippen MR) is 133 cm³/mol. The van der Waals surface area contributed by atoms with E-state index in [9.17, 15) is 9.59 Å². The fourth-order valence-corrected chi connectivity index (χ4v) is 4.62. The van der Waals surface area contributed by atoms with E-state index in [0.29, 0.717) is 36.3 Å². The highest BCUT2D eigenvalue weighted by molar-refractivity contribution is 5.91. The molecule has 1 aromatic heterocycles. The van der Waals surface area contributed by atoms with Crippen LogP contribution in [0.5, 0.6) is 5.75 Å². The summed E-state index contributed by atoms with van der Waals surface area (Å²) in [6, 6.07) is 19.6. The van der Waals surface area contributed by atoms with Gasteiger partial charge in [0.2, 0.25) is 5.91 Å². The number of carbonyl (C=O) groups excluding carboxylic acids is 2. The number of nitrogens with one attached hydrogen (secondary N) is 1. The number of amides is 2. The first-order chi connectivity index (χ1) is 17.0. The molecule has 2 aromatic carbocycles. The van der Waals surface area contributed by atoms with Crippen molar-refractivity contribution in [3.05, 3.63) is 88.9 Å². The zero-order valence-corrected chi connectivity index (χ0v) is 20.3. The molecule has 182 valence electrons. The molecule has 1 saturated carbocycles. The zero-order chi connectivity index (χ0) is 24.4. The highest BCUT2D eigenvalue weighted by Crippen LogP contribution is 2.38. The molecule has 1 fully saturated rings. The minimum atomic E-state index is -0.183. The Bertz CT molecular complexity index is 1200. The average Bonchev–Trinajstić information content (AvgIpc) is 3.59. The number of fused-ring (bicyclic) bond motifs is 1. The second kappa shape index (κ2) is 9.98. The lowest BCUT2D eigenvalue weighted by Crippen LogP contribution is -2.42. The van der Waals surface area contributed by atoms with Crippen molar-refractivity contribution in [1.82, 2.24) is 10.2 Å². The lowest BCUT2D eigenvalue weighted by atomic mass is 9.87. The Morgan fingerprint density at radius 1 is 1.09 bits per heavy atom. The number of rotatable bonds is 8.